The van der Waals surface area contributed by atoms with Crippen molar-refractivity contribution in [3.05, 3.63) is 36.7 Å². The second-order valence-electron chi connectivity index (χ2n) is 2.67. The van der Waals surface area contributed by atoms with Crippen molar-refractivity contribution in [2.45, 2.75) is 0 Å². The van der Waals surface area contributed by atoms with E-state index in [1.807, 2.05) is 12.1 Å². The second-order valence-corrected chi connectivity index (χ2v) is 2.67. The summed E-state index contributed by atoms with van der Waals surface area (Å²) in [5.41, 5.74) is 2.07. The van der Waals surface area contributed by atoms with Gasteiger partial charge in [-0.05, 0) is 12.1 Å². The number of allylic oxidation sites excluding steroid dienone is 1. The number of pyridine rings is 1. The van der Waals surface area contributed by atoms with E-state index in [1.54, 1.807) is 12.3 Å². The molecule has 0 radical (unpaired) electrons. The highest BCUT2D eigenvalue weighted by Gasteiger charge is 2.04. The van der Waals surface area contributed by atoms with Gasteiger partial charge in [-0.3, -0.25) is 4.98 Å². The summed E-state index contributed by atoms with van der Waals surface area (Å²) in [6.45, 7) is 3.67. The Morgan fingerprint density at radius 3 is 3.15 bits per heavy atom. The molecule has 0 atom stereocenters. The molecule has 0 spiro atoms. The smallest absolute Gasteiger partial charge is 0.153 e. The minimum Gasteiger partial charge on any atom is -0.454 e. The van der Waals surface area contributed by atoms with E-state index < -0.39 is 0 Å². The first kappa shape index (κ1) is 7.73. The zero-order chi connectivity index (χ0) is 9.26. The van der Waals surface area contributed by atoms with E-state index in [0.717, 1.165) is 17.3 Å². The van der Waals surface area contributed by atoms with Crippen molar-refractivity contribution in [2.75, 3.05) is 0 Å². The van der Waals surface area contributed by atoms with Gasteiger partial charge in [0.25, 0.3) is 0 Å². The SMILES string of the molecule is C=C(C=N)c1cc2ncccc2o1. The molecule has 0 fully saturated rings. The van der Waals surface area contributed by atoms with Crippen LogP contribution in [-0.2, 0) is 0 Å². The zero-order valence-electron chi connectivity index (χ0n) is 6.95. The van der Waals surface area contributed by atoms with E-state index in [9.17, 15) is 0 Å². The van der Waals surface area contributed by atoms with Crippen molar-refractivity contribution < 1.29 is 4.42 Å². The van der Waals surface area contributed by atoms with E-state index in [4.69, 9.17) is 9.83 Å². The molecule has 0 amide bonds. The predicted molar refractivity (Wildman–Crippen MR) is 51.8 cm³/mol. The molecule has 0 saturated heterocycles. The van der Waals surface area contributed by atoms with Crippen molar-refractivity contribution in [3.63, 3.8) is 0 Å². The average molecular weight is 172 g/mol. The molecule has 0 aliphatic rings. The van der Waals surface area contributed by atoms with Crippen LogP contribution in [0.5, 0.6) is 0 Å². The Kier molecular flexibility index (Phi) is 1.70. The highest BCUT2D eigenvalue weighted by molar-refractivity contribution is 6.07. The van der Waals surface area contributed by atoms with Gasteiger partial charge in [0.15, 0.2) is 5.58 Å². The van der Waals surface area contributed by atoms with Crippen molar-refractivity contribution in [1.82, 2.24) is 4.98 Å². The number of aromatic nitrogens is 1. The zero-order valence-corrected chi connectivity index (χ0v) is 6.95. The van der Waals surface area contributed by atoms with Gasteiger partial charge in [0.1, 0.15) is 11.3 Å². The van der Waals surface area contributed by atoms with E-state index in [2.05, 4.69) is 11.6 Å². The first-order chi connectivity index (χ1) is 6.31. The van der Waals surface area contributed by atoms with Gasteiger partial charge in [-0.25, -0.2) is 0 Å². The standard InChI is InChI=1S/C10H8N2O/c1-7(6-11)10-5-8-9(13-10)3-2-4-12-8/h2-6,11H,1H2. The van der Waals surface area contributed by atoms with Gasteiger partial charge >= 0.3 is 0 Å². The number of rotatable bonds is 2. The van der Waals surface area contributed by atoms with Gasteiger partial charge in [0.2, 0.25) is 0 Å². The summed E-state index contributed by atoms with van der Waals surface area (Å²) < 4.78 is 5.41. The molecule has 64 valence electrons. The molecular formula is C10H8N2O. The Balaban J connectivity index is 2.62. The van der Waals surface area contributed by atoms with Crippen LogP contribution < -0.4 is 0 Å². The lowest BCUT2D eigenvalue weighted by molar-refractivity contribution is 0.602. The maximum atomic E-state index is 7.01. The van der Waals surface area contributed by atoms with E-state index in [0.29, 0.717) is 11.3 Å². The molecule has 1 N–H and O–H groups in total. The maximum Gasteiger partial charge on any atom is 0.153 e. The number of furan rings is 1. The number of nitrogens with zero attached hydrogens (tertiary/aromatic N) is 1. The van der Waals surface area contributed by atoms with Gasteiger partial charge < -0.3 is 9.83 Å². The third-order valence-corrected chi connectivity index (χ3v) is 1.78. The fraction of sp³-hybridized carbons (Fsp3) is 0. The van der Waals surface area contributed by atoms with E-state index in [1.165, 1.54) is 0 Å². The lowest BCUT2D eigenvalue weighted by Gasteiger charge is -1.88. The monoisotopic (exact) mass is 172 g/mol. The minimum absolute atomic E-state index is 0.554. The summed E-state index contributed by atoms with van der Waals surface area (Å²) in [5.74, 6) is 0.601. The molecule has 0 bridgehead atoms. The molecule has 2 heterocycles. The van der Waals surface area contributed by atoms with Gasteiger partial charge in [0, 0.05) is 24.1 Å². The average Bonchev–Trinajstić information content (AvgIpc) is 2.59. The van der Waals surface area contributed by atoms with Crippen LogP contribution >= 0.6 is 0 Å². The third-order valence-electron chi connectivity index (χ3n) is 1.78. The van der Waals surface area contributed by atoms with Crippen LogP contribution in [0.3, 0.4) is 0 Å². The van der Waals surface area contributed by atoms with Crippen LogP contribution in [-0.4, -0.2) is 11.2 Å². The molecule has 0 aromatic carbocycles. The highest BCUT2D eigenvalue weighted by atomic mass is 16.3. The Hall–Kier alpha value is -1.90. The number of fused-ring (bicyclic) bond motifs is 1. The largest absolute Gasteiger partial charge is 0.454 e. The van der Waals surface area contributed by atoms with Crippen LogP contribution in [0.25, 0.3) is 16.7 Å². The van der Waals surface area contributed by atoms with Crippen molar-refractivity contribution in [2.24, 2.45) is 0 Å². The predicted octanol–water partition coefficient (Wildman–Crippen LogP) is 2.49. The summed E-state index contributed by atoms with van der Waals surface area (Å²) in [4.78, 5) is 4.11. The van der Waals surface area contributed by atoms with Gasteiger partial charge in [-0.2, -0.15) is 0 Å². The summed E-state index contributed by atoms with van der Waals surface area (Å²) in [5, 5.41) is 7.01. The number of hydrogen-bond donors (Lipinski definition) is 1. The minimum atomic E-state index is 0.554. The first-order valence-electron chi connectivity index (χ1n) is 3.85. The van der Waals surface area contributed by atoms with Gasteiger partial charge in [-0.15, -0.1) is 0 Å². The number of hydrogen-bond acceptors (Lipinski definition) is 3. The summed E-state index contributed by atoms with van der Waals surface area (Å²) >= 11 is 0. The Morgan fingerprint density at radius 2 is 2.46 bits per heavy atom. The molecule has 3 nitrogen and oxygen atoms in total. The molecule has 0 saturated carbocycles. The van der Waals surface area contributed by atoms with Crippen LogP contribution in [0.2, 0.25) is 0 Å². The van der Waals surface area contributed by atoms with Crippen molar-refractivity contribution >= 4 is 22.9 Å². The Labute approximate surface area is 75.2 Å². The Bertz CT molecular complexity index is 437. The molecule has 2 aromatic heterocycles. The fourth-order valence-electron chi connectivity index (χ4n) is 1.10. The summed E-state index contributed by atoms with van der Waals surface area (Å²) in [6, 6.07) is 5.43. The van der Waals surface area contributed by atoms with E-state index >= 15 is 0 Å². The molecule has 2 aromatic rings. The quantitative estimate of drug-likeness (QED) is 0.707. The Morgan fingerprint density at radius 1 is 1.62 bits per heavy atom. The van der Waals surface area contributed by atoms with Gasteiger partial charge in [-0.1, -0.05) is 6.58 Å². The second kappa shape index (κ2) is 2.86. The third kappa shape index (κ3) is 1.24. The molecule has 3 heteroatoms. The number of nitrogens with one attached hydrogen (secondary N) is 1. The van der Waals surface area contributed by atoms with Crippen molar-refractivity contribution in [1.29, 1.82) is 5.41 Å². The van der Waals surface area contributed by atoms with Crippen molar-refractivity contribution in [3.8, 4) is 0 Å². The van der Waals surface area contributed by atoms with Crippen LogP contribution in [0.15, 0.2) is 35.4 Å². The van der Waals surface area contributed by atoms with E-state index in [-0.39, 0.29) is 0 Å². The summed E-state index contributed by atoms with van der Waals surface area (Å²) in [6.07, 6.45) is 2.87. The molecule has 2 rings (SSSR count). The maximum absolute atomic E-state index is 7.01. The molecule has 0 aliphatic heterocycles. The molecule has 0 aliphatic carbocycles. The van der Waals surface area contributed by atoms with Crippen LogP contribution in [0.4, 0.5) is 0 Å². The lowest BCUT2D eigenvalue weighted by atomic mass is 10.2. The first-order valence-corrected chi connectivity index (χ1v) is 3.85. The highest BCUT2D eigenvalue weighted by Crippen LogP contribution is 2.20. The topological polar surface area (TPSA) is 49.9 Å². The normalized spacial score (nSPS) is 10.2. The summed E-state index contributed by atoms with van der Waals surface area (Å²) in [7, 11) is 0. The van der Waals surface area contributed by atoms with Crippen LogP contribution in [0.1, 0.15) is 5.76 Å². The molecular weight excluding hydrogens is 164 g/mol. The lowest BCUT2D eigenvalue weighted by Crippen LogP contribution is -1.76. The van der Waals surface area contributed by atoms with Crippen LogP contribution in [0, 0.1) is 5.41 Å². The molecule has 0 unspecified atom stereocenters. The molecule has 13 heavy (non-hydrogen) atoms. The van der Waals surface area contributed by atoms with Gasteiger partial charge in [0.05, 0.1) is 0 Å². The fourth-order valence-corrected chi connectivity index (χ4v) is 1.10.